The predicted octanol–water partition coefficient (Wildman–Crippen LogP) is 0.701. The molecule has 1 atom stereocenters. The van der Waals surface area contributed by atoms with E-state index in [0.717, 1.165) is 0 Å². The number of hydrogen-bond donors (Lipinski definition) is 2. The summed E-state index contributed by atoms with van der Waals surface area (Å²) in [5.41, 5.74) is 0. The zero-order valence-electron chi connectivity index (χ0n) is 8.94. The molecular formula is C11H14FNO3. The van der Waals surface area contributed by atoms with E-state index in [9.17, 15) is 9.18 Å². The van der Waals surface area contributed by atoms with Gasteiger partial charge in [0, 0.05) is 0 Å². The molecule has 0 bridgehead atoms. The van der Waals surface area contributed by atoms with E-state index in [-0.39, 0.29) is 18.4 Å². The van der Waals surface area contributed by atoms with E-state index in [1.165, 1.54) is 12.1 Å². The number of para-hydroxylation sites is 1. The van der Waals surface area contributed by atoms with E-state index in [1.54, 1.807) is 19.1 Å². The minimum Gasteiger partial charge on any atom is -0.486 e. The van der Waals surface area contributed by atoms with Gasteiger partial charge in [-0.1, -0.05) is 12.1 Å². The molecule has 0 saturated carbocycles. The Morgan fingerprint density at radius 1 is 1.56 bits per heavy atom. The van der Waals surface area contributed by atoms with Crippen molar-refractivity contribution in [2.24, 2.45) is 0 Å². The van der Waals surface area contributed by atoms with Gasteiger partial charge in [-0.05, 0) is 19.1 Å². The topological polar surface area (TPSA) is 58.6 Å². The van der Waals surface area contributed by atoms with Crippen LogP contribution in [0.25, 0.3) is 0 Å². The maximum atomic E-state index is 13.2. The molecule has 88 valence electrons. The van der Waals surface area contributed by atoms with Crippen molar-refractivity contribution in [2.45, 2.75) is 13.0 Å². The highest BCUT2D eigenvalue weighted by Crippen LogP contribution is 2.16. The van der Waals surface area contributed by atoms with Crippen LogP contribution in [0.5, 0.6) is 5.75 Å². The molecular weight excluding hydrogens is 213 g/mol. The SMILES string of the molecule is CC(CNC(=O)CO)Oc1ccccc1F. The summed E-state index contributed by atoms with van der Waals surface area (Å²) in [6.45, 7) is 1.35. The van der Waals surface area contributed by atoms with Gasteiger partial charge < -0.3 is 15.2 Å². The van der Waals surface area contributed by atoms with Crippen LogP contribution in [0.15, 0.2) is 24.3 Å². The smallest absolute Gasteiger partial charge is 0.245 e. The fourth-order valence-corrected chi connectivity index (χ4v) is 1.11. The minimum atomic E-state index is -0.563. The molecule has 0 spiro atoms. The molecule has 0 radical (unpaired) electrons. The number of carbonyl (C=O) groups is 1. The number of nitrogens with one attached hydrogen (secondary N) is 1. The molecule has 1 aromatic rings. The number of aliphatic hydroxyl groups is 1. The molecule has 1 unspecified atom stereocenters. The lowest BCUT2D eigenvalue weighted by Crippen LogP contribution is -2.35. The third-order valence-corrected chi connectivity index (χ3v) is 1.90. The Kier molecular flexibility index (Phi) is 4.72. The number of benzene rings is 1. The molecule has 1 amide bonds. The van der Waals surface area contributed by atoms with E-state index >= 15 is 0 Å². The average Bonchev–Trinajstić information content (AvgIpc) is 2.29. The Labute approximate surface area is 93.0 Å². The lowest BCUT2D eigenvalue weighted by Gasteiger charge is -2.15. The van der Waals surface area contributed by atoms with Crippen LogP contribution in [0.1, 0.15) is 6.92 Å². The highest BCUT2D eigenvalue weighted by molar-refractivity contribution is 5.76. The number of ether oxygens (including phenoxy) is 1. The molecule has 5 heteroatoms. The van der Waals surface area contributed by atoms with Gasteiger partial charge in [-0.15, -0.1) is 0 Å². The van der Waals surface area contributed by atoms with Crippen molar-refractivity contribution in [3.63, 3.8) is 0 Å². The van der Waals surface area contributed by atoms with Gasteiger partial charge in [0.2, 0.25) is 5.91 Å². The van der Waals surface area contributed by atoms with Gasteiger partial charge in [0.05, 0.1) is 6.54 Å². The molecule has 0 aliphatic heterocycles. The van der Waals surface area contributed by atoms with Crippen molar-refractivity contribution in [3.8, 4) is 5.75 Å². The van der Waals surface area contributed by atoms with Gasteiger partial charge in [0.25, 0.3) is 0 Å². The van der Waals surface area contributed by atoms with Gasteiger partial charge in [-0.3, -0.25) is 4.79 Å². The quantitative estimate of drug-likeness (QED) is 0.778. The van der Waals surface area contributed by atoms with Gasteiger partial charge in [0.15, 0.2) is 11.6 Å². The number of carbonyl (C=O) groups excluding carboxylic acids is 1. The van der Waals surface area contributed by atoms with Gasteiger partial charge in [-0.2, -0.15) is 0 Å². The zero-order valence-corrected chi connectivity index (χ0v) is 8.94. The Hall–Kier alpha value is -1.62. The zero-order chi connectivity index (χ0) is 12.0. The normalized spacial score (nSPS) is 11.9. The van der Waals surface area contributed by atoms with E-state index < -0.39 is 18.3 Å². The molecule has 1 aromatic carbocycles. The van der Waals surface area contributed by atoms with Crippen LogP contribution >= 0.6 is 0 Å². The largest absolute Gasteiger partial charge is 0.486 e. The highest BCUT2D eigenvalue weighted by atomic mass is 19.1. The average molecular weight is 227 g/mol. The summed E-state index contributed by atoms with van der Waals surface area (Å²) in [6, 6.07) is 6.05. The third-order valence-electron chi connectivity index (χ3n) is 1.90. The first-order valence-corrected chi connectivity index (χ1v) is 4.92. The van der Waals surface area contributed by atoms with E-state index in [4.69, 9.17) is 9.84 Å². The second-order valence-electron chi connectivity index (χ2n) is 3.32. The number of amides is 1. The molecule has 1 rings (SSSR count). The van der Waals surface area contributed by atoms with Crippen molar-refractivity contribution >= 4 is 5.91 Å². The molecule has 16 heavy (non-hydrogen) atoms. The molecule has 0 aliphatic carbocycles. The molecule has 4 nitrogen and oxygen atoms in total. The van der Waals surface area contributed by atoms with Crippen LogP contribution in [0, 0.1) is 5.82 Å². The fraction of sp³-hybridized carbons (Fsp3) is 0.364. The summed E-state index contributed by atoms with van der Waals surface area (Å²) < 4.78 is 18.4. The molecule has 0 aromatic heterocycles. The summed E-state index contributed by atoms with van der Waals surface area (Å²) >= 11 is 0. The van der Waals surface area contributed by atoms with Crippen molar-refractivity contribution in [1.29, 1.82) is 0 Å². The first kappa shape index (κ1) is 12.4. The lowest BCUT2D eigenvalue weighted by molar-refractivity contribution is -0.124. The molecule has 0 fully saturated rings. The van der Waals surface area contributed by atoms with Crippen molar-refractivity contribution in [3.05, 3.63) is 30.1 Å². The number of rotatable bonds is 5. The van der Waals surface area contributed by atoms with Crippen LogP contribution in [0.3, 0.4) is 0 Å². The molecule has 0 aliphatic rings. The Morgan fingerprint density at radius 3 is 2.88 bits per heavy atom. The van der Waals surface area contributed by atoms with Crippen molar-refractivity contribution in [1.82, 2.24) is 5.32 Å². The first-order valence-electron chi connectivity index (χ1n) is 4.92. The standard InChI is InChI=1S/C11H14FNO3/c1-8(6-13-11(15)7-14)16-10-5-3-2-4-9(10)12/h2-5,8,14H,6-7H2,1H3,(H,13,15). The Balaban J connectivity index is 2.43. The second-order valence-corrected chi connectivity index (χ2v) is 3.32. The number of hydrogen-bond acceptors (Lipinski definition) is 3. The molecule has 0 heterocycles. The van der Waals surface area contributed by atoms with Gasteiger partial charge >= 0.3 is 0 Å². The van der Waals surface area contributed by atoms with Crippen LogP contribution in [-0.4, -0.2) is 30.3 Å². The number of halogens is 1. The summed E-state index contributed by atoms with van der Waals surface area (Å²) in [5.74, 6) is -0.778. The summed E-state index contributed by atoms with van der Waals surface area (Å²) in [7, 11) is 0. The summed E-state index contributed by atoms with van der Waals surface area (Å²) in [6.07, 6.45) is -0.368. The molecule has 2 N–H and O–H groups in total. The van der Waals surface area contributed by atoms with Crippen LogP contribution in [-0.2, 0) is 4.79 Å². The minimum absolute atomic E-state index is 0.147. The van der Waals surface area contributed by atoms with E-state index in [1.807, 2.05) is 0 Å². The van der Waals surface area contributed by atoms with E-state index in [2.05, 4.69) is 5.32 Å². The third kappa shape index (κ3) is 3.86. The summed E-state index contributed by atoms with van der Waals surface area (Å²) in [4.78, 5) is 10.7. The highest BCUT2D eigenvalue weighted by Gasteiger charge is 2.08. The Bertz CT molecular complexity index is 357. The van der Waals surface area contributed by atoms with Crippen molar-refractivity contribution < 1.29 is 19.0 Å². The first-order chi connectivity index (χ1) is 7.63. The van der Waals surface area contributed by atoms with Crippen LogP contribution in [0.2, 0.25) is 0 Å². The predicted molar refractivity (Wildman–Crippen MR) is 56.6 cm³/mol. The molecule has 0 saturated heterocycles. The maximum Gasteiger partial charge on any atom is 0.245 e. The van der Waals surface area contributed by atoms with Crippen LogP contribution < -0.4 is 10.1 Å². The number of aliphatic hydroxyl groups excluding tert-OH is 1. The lowest BCUT2D eigenvalue weighted by atomic mass is 10.3. The second kappa shape index (κ2) is 6.07. The monoisotopic (exact) mass is 227 g/mol. The Morgan fingerprint density at radius 2 is 2.25 bits per heavy atom. The van der Waals surface area contributed by atoms with E-state index in [0.29, 0.717) is 0 Å². The van der Waals surface area contributed by atoms with Gasteiger partial charge in [-0.25, -0.2) is 4.39 Å². The fourth-order valence-electron chi connectivity index (χ4n) is 1.11. The van der Waals surface area contributed by atoms with Crippen LogP contribution in [0.4, 0.5) is 4.39 Å². The van der Waals surface area contributed by atoms with Gasteiger partial charge in [0.1, 0.15) is 12.7 Å². The maximum absolute atomic E-state index is 13.2. The van der Waals surface area contributed by atoms with Crippen molar-refractivity contribution in [2.75, 3.05) is 13.2 Å². The summed E-state index contributed by atoms with van der Waals surface area (Å²) in [5, 5.41) is 10.9.